The van der Waals surface area contributed by atoms with Crippen molar-refractivity contribution < 1.29 is 9.18 Å². The third kappa shape index (κ3) is 2.83. The van der Waals surface area contributed by atoms with Gasteiger partial charge in [0.25, 0.3) is 0 Å². The van der Waals surface area contributed by atoms with Crippen LogP contribution in [0.2, 0.25) is 0 Å². The van der Waals surface area contributed by atoms with Crippen LogP contribution in [-0.2, 0) is 6.42 Å². The Labute approximate surface area is 106 Å². The van der Waals surface area contributed by atoms with Gasteiger partial charge in [0, 0.05) is 11.1 Å². The van der Waals surface area contributed by atoms with Crippen LogP contribution < -0.4 is 0 Å². The smallest absolute Gasteiger partial charge is 0.193 e. The summed E-state index contributed by atoms with van der Waals surface area (Å²) in [5, 5.41) is 0. The average molecular weight is 241 g/mol. The Kier molecular flexibility index (Phi) is 3.88. The number of hydrogen-bond acceptors (Lipinski definition) is 1. The van der Waals surface area contributed by atoms with Gasteiger partial charge in [0.1, 0.15) is 5.82 Å². The molecule has 0 aliphatic carbocycles. The molecule has 0 bridgehead atoms. The SMILES string of the molecule is [CH2]CCc1ccc(C(=O)c2cccc(F)c2)cc1. The first-order chi connectivity index (χ1) is 8.70. The topological polar surface area (TPSA) is 17.1 Å². The third-order valence-electron chi connectivity index (χ3n) is 2.77. The minimum Gasteiger partial charge on any atom is -0.289 e. The summed E-state index contributed by atoms with van der Waals surface area (Å²) in [5.74, 6) is -0.551. The van der Waals surface area contributed by atoms with Crippen LogP contribution in [0.5, 0.6) is 0 Å². The van der Waals surface area contributed by atoms with Crippen molar-refractivity contribution in [3.63, 3.8) is 0 Å². The summed E-state index contributed by atoms with van der Waals surface area (Å²) in [6.45, 7) is 3.79. The second kappa shape index (κ2) is 5.58. The fraction of sp³-hybridized carbons (Fsp3) is 0.125. The fourth-order valence-corrected chi connectivity index (χ4v) is 1.82. The van der Waals surface area contributed by atoms with Crippen molar-refractivity contribution in [1.29, 1.82) is 0 Å². The van der Waals surface area contributed by atoms with Crippen molar-refractivity contribution in [2.75, 3.05) is 0 Å². The van der Waals surface area contributed by atoms with Crippen molar-refractivity contribution in [2.24, 2.45) is 0 Å². The van der Waals surface area contributed by atoms with Gasteiger partial charge in [-0.15, -0.1) is 0 Å². The van der Waals surface area contributed by atoms with Gasteiger partial charge >= 0.3 is 0 Å². The first kappa shape index (κ1) is 12.5. The standard InChI is InChI=1S/C16H14FO/c1-2-4-12-7-9-13(10-8-12)16(18)14-5-3-6-15(17)11-14/h3,5-11H,1-2,4H2. The van der Waals surface area contributed by atoms with E-state index in [1.165, 1.54) is 12.1 Å². The van der Waals surface area contributed by atoms with Crippen LogP contribution in [0.1, 0.15) is 27.9 Å². The largest absolute Gasteiger partial charge is 0.289 e. The molecule has 1 nitrogen and oxygen atoms in total. The first-order valence-electron chi connectivity index (χ1n) is 5.89. The average Bonchev–Trinajstić information content (AvgIpc) is 2.39. The molecule has 0 saturated heterocycles. The summed E-state index contributed by atoms with van der Waals surface area (Å²) in [5.41, 5.74) is 2.11. The van der Waals surface area contributed by atoms with E-state index in [0.717, 1.165) is 18.4 Å². The van der Waals surface area contributed by atoms with E-state index in [2.05, 4.69) is 6.92 Å². The zero-order valence-electron chi connectivity index (χ0n) is 10.0. The lowest BCUT2D eigenvalue weighted by atomic mass is 10.0. The minimum absolute atomic E-state index is 0.157. The molecule has 0 aliphatic heterocycles. The molecule has 0 spiro atoms. The molecule has 18 heavy (non-hydrogen) atoms. The van der Waals surface area contributed by atoms with E-state index in [9.17, 15) is 9.18 Å². The van der Waals surface area contributed by atoms with Crippen LogP contribution in [0.15, 0.2) is 48.5 Å². The molecule has 0 heterocycles. The number of halogens is 1. The number of hydrogen-bond donors (Lipinski definition) is 0. The van der Waals surface area contributed by atoms with E-state index >= 15 is 0 Å². The van der Waals surface area contributed by atoms with Crippen molar-refractivity contribution in [3.05, 3.63) is 78.0 Å². The normalized spacial score (nSPS) is 10.3. The number of carbonyl (C=O) groups excluding carboxylic acids is 1. The Bertz CT molecular complexity index is 543. The number of aryl methyl sites for hydroxylation is 1. The van der Waals surface area contributed by atoms with Gasteiger partial charge in [0.2, 0.25) is 0 Å². The minimum atomic E-state index is -0.394. The predicted octanol–water partition coefficient (Wildman–Crippen LogP) is 3.82. The lowest BCUT2D eigenvalue weighted by Gasteiger charge is -2.03. The molecule has 0 saturated carbocycles. The lowest BCUT2D eigenvalue weighted by molar-refractivity contribution is 0.103. The van der Waals surface area contributed by atoms with E-state index in [-0.39, 0.29) is 5.78 Å². The molecule has 0 N–H and O–H groups in total. The highest BCUT2D eigenvalue weighted by atomic mass is 19.1. The van der Waals surface area contributed by atoms with Crippen LogP contribution in [0.4, 0.5) is 4.39 Å². The summed E-state index contributed by atoms with van der Waals surface area (Å²) >= 11 is 0. The van der Waals surface area contributed by atoms with Crippen LogP contribution in [0.3, 0.4) is 0 Å². The maximum atomic E-state index is 13.0. The Morgan fingerprint density at radius 1 is 1.06 bits per heavy atom. The van der Waals surface area contributed by atoms with Crippen LogP contribution >= 0.6 is 0 Å². The monoisotopic (exact) mass is 241 g/mol. The Morgan fingerprint density at radius 3 is 2.39 bits per heavy atom. The van der Waals surface area contributed by atoms with Gasteiger partial charge in [0.05, 0.1) is 0 Å². The molecule has 2 aromatic rings. The van der Waals surface area contributed by atoms with Gasteiger partial charge in [-0.25, -0.2) is 4.39 Å². The van der Waals surface area contributed by atoms with E-state index in [0.29, 0.717) is 11.1 Å². The molecule has 91 valence electrons. The van der Waals surface area contributed by atoms with Crippen LogP contribution in [0, 0.1) is 12.7 Å². The molecule has 0 amide bonds. The molecule has 0 aliphatic rings. The summed E-state index contributed by atoms with van der Waals surface area (Å²) in [6, 6.07) is 13.1. The van der Waals surface area contributed by atoms with Crippen molar-refractivity contribution in [1.82, 2.24) is 0 Å². The molecular weight excluding hydrogens is 227 g/mol. The second-order valence-corrected chi connectivity index (χ2v) is 4.14. The van der Waals surface area contributed by atoms with E-state index in [4.69, 9.17) is 0 Å². The number of ketones is 1. The van der Waals surface area contributed by atoms with Gasteiger partial charge < -0.3 is 0 Å². The number of rotatable bonds is 4. The molecule has 2 rings (SSSR count). The number of benzene rings is 2. The van der Waals surface area contributed by atoms with Gasteiger partial charge in [-0.1, -0.05) is 43.3 Å². The van der Waals surface area contributed by atoms with E-state index in [1.54, 1.807) is 24.3 Å². The summed E-state index contributed by atoms with van der Waals surface area (Å²) in [4.78, 5) is 12.1. The lowest BCUT2D eigenvalue weighted by Crippen LogP contribution is -2.01. The zero-order chi connectivity index (χ0) is 13.0. The molecule has 0 unspecified atom stereocenters. The highest BCUT2D eigenvalue weighted by molar-refractivity contribution is 6.08. The Hall–Kier alpha value is -1.96. The van der Waals surface area contributed by atoms with Gasteiger partial charge in [0.15, 0.2) is 5.78 Å². The maximum absolute atomic E-state index is 13.0. The fourth-order valence-electron chi connectivity index (χ4n) is 1.82. The van der Waals surface area contributed by atoms with Crippen LogP contribution in [0.25, 0.3) is 0 Å². The maximum Gasteiger partial charge on any atom is 0.193 e. The first-order valence-corrected chi connectivity index (χ1v) is 5.89. The molecule has 0 aromatic heterocycles. The predicted molar refractivity (Wildman–Crippen MR) is 70.0 cm³/mol. The van der Waals surface area contributed by atoms with E-state index < -0.39 is 5.82 Å². The third-order valence-corrected chi connectivity index (χ3v) is 2.77. The highest BCUT2D eigenvalue weighted by Gasteiger charge is 2.09. The van der Waals surface area contributed by atoms with Crippen molar-refractivity contribution >= 4 is 5.78 Å². The molecule has 2 aromatic carbocycles. The van der Waals surface area contributed by atoms with Gasteiger partial charge in [-0.05, 0) is 30.5 Å². The Balaban J connectivity index is 2.23. The molecule has 2 heteroatoms. The summed E-state index contributed by atoms with van der Waals surface area (Å²) < 4.78 is 13.0. The Morgan fingerprint density at radius 2 is 1.78 bits per heavy atom. The summed E-state index contributed by atoms with van der Waals surface area (Å²) in [7, 11) is 0. The molecular formula is C16H14FO. The highest BCUT2D eigenvalue weighted by Crippen LogP contribution is 2.13. The second-order valence-electron chi connectivity index (χ2n) is 4.14. The van der Waals surface area contributed by atoms with Gasteiger partial charge in [-0.3, -0.25) is 4.79 Å². The molecule has 0 atom stereocenters. The van der Waals surface area contributed by atoms with Gasteiger partial charge in [-0.2, -0.15) is 0 Å². The van der Waals surface area contributed by atoms with Crippen LogP contribution in [-0.4, -0.2) is 5.78 Å². The van der Waals surface area contributed by atoms with E-state index in [1.807, 2.05) is 12.1 Å². The van der Waals surface area contributed by atoms with Crippen molar-refractivity contribution in [2.45, 2.75) is 12.8 Å². The summed E-state index contributed by atoms with van der Waals surface area (Å²) in [6.07, 6.45) is 1.73. The molecule has 0 fully saturated rings. The number of carbonyl (C=O) groups is 1. The quantitative estimate of drug-likeness (QED) is 0.744. The van der Waals surface area contributed by atoms with Crippen molar-refractivity contribution in [3.8, 4) is 0 Å². The molecule has 1 radical (unpaired) electrons. The zero-order valence-corrected chi connectivity index (χ0v) is 10.0.